The Balaban J connectivity index is 0.000000625. The van der Waals surface area contributed by atoms with E-state index in [2.05, 4.69) is 10.1 Å². The van der Waals surface area contributed by atoms with Gasteiger partial charge in [-0.15, -0.1) is 13.2 Å². The molecule has 0 saturated heterocycles. The van der Waals surface area contributed by atoms with E-state index in [9.17, 15) is 31.1 Å². The van der Waals surface area contributed by atoms with Crippen molar-refractivity contribution in [1.82, 2.24) is 0 Å². The second kappa shape index (κ2) is 13.5. The van der Waals surface area contributed by atoms with Crippen molar-refractivity contribution in [2.75, 3.05) is 5.32 Å². The van der Waals surface area contributed by atoms with E-state index in [4.69, 9.17) is 13.0 Å². The molecule has 2 unspecified atom stereocenters. The molecule has 2 aromatic carbocycles. The fraction of sp³-hybridized carbons (Fsp3) is 0.409. The number of nitrogens with one attached hydrogen (secondary N) is 1. The molecule has 1 N–H and O–H groups in total. The van der Waals surface area contributed by atoms with E-state index in [0.29, 0.717) is 12.1 Å². The van der Waals surface area contributed by atoms with E-state index in [0.717, 1.165) is 31.2 Å². The third-order valence-corrected chi connectivity index (χ3v) is 5.67. The first-order valence-electron chi connectivity index (χ1n) is 10.4. The van der Waals surface area contributed by atoms with Crippen molar-refractivity contribution in [2.24, 2.45) is 5.92 Å². The van der Waals surface area contributed by atoms with Crippen LogP contribution in [-0.4, -0.2) is 30.6 Å². The number of ketones is 1. The van der Waals surface area contributed by atoms with Gasteiger partial charge in [0.25, 0.3) is 0 Å². The van der Waals surface area contributed by atoms with Crippen LogP contribution in [0.3, 0.4) is 0 Å². The van der Waals surface area contributed by atoms with E-state index < -0.39 is 22.0 Å². The van der Waals surface area contributed by atoms with Gasteiger partial charge in [0.1, 0.15) is 11.5 Å². The normalized spacial score (nSPS) is 17.5. The van der Waals surface area contributed by atoms with Crippen molar-refractivity contribution >= 4 is 21.6 Å². The number of ether oxygens (including phenoxy) is 1. The molecule has 1 saturated carbocycles. The minimum atomic E-state index is -6.09. The molecule has 14 heteroatoms. The number of alkyl halides is 6. The summed E-state index contributed by atoms with van der Waals surface area (Å²) in [6.45, 7) is 0. The van der Waals surface area contributed by atoms with Crippen molar-refractivity contribution in [3.8, 4) is 5.75 Å². The largest absolute Gasteiger partial charge is 1.00 e. The van der Waals surface area contributed by atoms with Crippen LogP contribution in [0.2, 0.25) is 0 Å². The van der Waals surface area contributed by atoms with Crippen molar-refractivity contribution in [1.29, 1.82) is 0 Å². The van der Waals surface area contributed by atoms with E-state index >= 15 is 0 Å². The molecular formula is C22H22AgF6NO5S. The number of benzene rings is 2. The Morgan fingerprint density at radius 2 is 1.47 bits per heavy atom. The number of hydrogen-bond acceptors (Lipinski definition) is 6. The number of hydrogen-bond donors (Lipinski definition) is 1. The first-order valence-corrected chi connectivity index (χ1v) is 11.8. The fourth-order valence-electron chi connectivity index (χ4n) is 3.55. The maximum atomic E-state index is 12.6. The zero-order valence-corrected chi connectivity index (χ0v) is 20.7. The predicted molar refractivity (Wildman–Crippen MR) is 113 cm³/mol. The molecular weight excluding hydrogens is 612 g/mol. The monoisotopic (exact) mass is 633 g/mol. The van der Waals surface area contributed by atoms with Gasteiger partial charge in [-0.05, 0) is 42.7 Å². The summed E-state index contributed by atoms with van der Waals surface area (Å²) in [5.41, 5.74) is -4.00. The number of halogens is 6. The number of carbonyl (C=O) groups is 1. The minimum Gasteiger partial charge on any atom is -0.741 e. The average Bonchev–Trinajstić information content (AvgIpc) is 2.96. The Hall–Kier alpha value is -2.06. The molecule has 3 rings (SSSR count). The Bertz CT molecular complexity index is 1060. The molecule has 0 amide bonds. The SMILES string of the molecule is O=C1CCCCCC1C(Nc1ccc(OC(F)(F)F)cc1)c1ccccc1.O=S(=O)([O-])C(F)(F)F.[Ag+]. The second-order valence-corrected chi connectivity index (χ2v) is 9.05. The fourth-order valence-corrected chi connectivity index (χ4v) is 3.55. The summed E-state index contributed by atoms with van der Waals surface area (Å²) < 4.78 is 99.8. The van der Waals surface area contributed by atoms with E-state index in [1.165, 1.54) is 24.3 Å². The maximum absolute atomic E-state index is 12.6. The van der Waals surface area contributed by atoms with Gasteiger partial charge in [-0.25, -0.2) is 8.42 Å². The summed E-state index contributed by atoms with van der Waals surface area (Å²) >= 11 is 0. The van der Waals surface area contributed by atoms with Crippen LogP contribution >= 0.6 is 0 Å². The molecule has 6 nitrogen and oxygen atoms in total. The molecule has 0 bridgehead atoms. The summed E-state index contributed by atoms with van der Waals surface area (Å²) in [5, 5.41) is 3.36. The molecule has 0 aliphatic heterocycles. The number of Topliss-reactive ketones (excluding diaryl/α,β-unsaturated/α-hetero) is 1. The van der Waals surface area contributed by atoms with Gasteiger partial charge in [-0.1, -0.05) is 43.2 Å². The summed E-state index contributed by atoms with van der Waals surface area (Å²) in [5.74, 6) is -0.179. The molecule has 0 heterocycles. The number of rotatable bonds is 5. The van der Waals surface area contributed by atoms with Gasteiger partial charge in [-0.2, -0.15) is 13.2 Å². The van der Waals surface area contributed by atoms with Gasteiger partial charge in [0, 0.05) is 18.0 Å². The number of anilines is 1. The van der Waals surface area contributed by atoms with Gasteiger partial charge < -0.3 is 14.6 Å². The Morgan fingerprint density at radius 1 is 0.917 bits per heavy atom. The molecule has 1 aliphatic rings. The van der Waals surface area contributed by atoms with Crippen molar-refractivity contribution in [3.05, 3.63) is 60.2 Å². The van der Waals surface area contributed by atoms with E-state index in [1.54, 1.807) is 0 Å². The smallest absolute Gasteiger partial charge is 0.741 e. The van der Waals surface area contributed by atoms with Crippen molar-refractivity contribution in [2.45, 2.75) is 50.0 Å². The Morgan fingerprint density at radius 3 is 1.97 bits per heavy atom. The number of carbonyl (C=O) groups excluding carboxylic acids is 1. The van der Waals surface area contributed by atoms with Crippen LogP contribution in [0.5, 0.6) is 5.75 Å². The molecule has 0 aromatic heterocycles. The van der Waals surface area contributed by atoms with Crippen LogP contribution in [-0.2, 0) is 37.3 Å². The van der Waals surface area contributed by atoms with Gasteiger partial charge >= 0.3 is 34.3 Å². The van der Waals surface area contributed by atoms with Gasteiger partial charge in [0.15, 0.2) is 10.1 Å². The summed E-state index contributed by atoms with van der Waals surface area (Å²) in [7, 11) is -6.09. The Labute approximate surface area is 219 Å². The van der Waals surface area contributed by atoms with E-state index in [1.807, 2.05) is 30.3 Å². The molecule has 2 atom stereocenters. The van der Waals surface area contributed by atoms with Crippen molar-refractivity contribution < 1.29 is 71.2 Å². The maximum Gasteiger partial charge on any atom is 1.00 e. The molecule has 0 radical (unpaired) electrons. The zero-order chi connectivity index (χ0) is 26.3. The first kappa shape index (κ1) is 32.0. The van der Waals surface area contributed by atoms with Crippen LogP contribution in [0, 0.1) is 5.92 Å². The van der Waals surface area contributed by atoms with Crippen LogP contribution in [0.15, 0.2) is 54.6 Å². The summed E-state index contributed by atoms with van der Waals surface area (Å²) in [4.78, 5) is 12.6. The minimum absolute atomic E-state index is 0. The first-order chi connectivity index (χ1) is 16.2. The summed E-state index contributed by atoms with van der Waals surface area (Å²) in [6, 6.07) is 15.1. The molecule has 36 heavy (non-hydrogen) atoms. The van der Waals surface area contributed by atoms with Crippen LogP contribution in [0.4, 0.5) is 32.0 Å². The topological polar surface area (TPSA) is 95.5 Å². The molecule has 1 aliphatic carbocycles. The average molecular weight is 634 g/mol. The van der Waals surface area contributed by atoms with Gasteiger partial charge in [0.05, 0.1) is 6.04 Å². The predicted octanol–water partition coefficient (Wildman–Crippen LogP) is 5.94. The second-order valence-electron chi connectivity index (χ2n) is 7.68. The third kappa shape index (κ3) is 10.5. The molecule has 0 spiro atoms. The van der Waals surface area contributed by atoms with Crippen LogP contribution < -0.4 is 10.1 Å². The molecule has 2 aromatic rings. The molecule has 1 fully saturated rings. The summed E-state index contributed by atoms with van der Waals surface area (Å²) in [6.07, 6.45) is -0.365. The zero-order valence-electron chi connectivity index (χ0n) is 18.4. The van der Waals surface area contributed by atoms with Crippen molar-refractivity contribution in [3.63, 3.8) is 0 Å². The third-order valence-electron chi connectivity index (χ3n) is 5.11. The standard InChI is InChI=1S/C21H22F3NO2.CHF3O3S.Ag/c22-21(23,24)27-17-13-11-16(12-14-17)25-20(15-7-3-1-4-8-15)18-9-5-2-6-10-19(18)26;2-1(3,4)8(5,6)7;/h1,3-4,7-8,11-14,18,20,25H,2,5-6,9-10H2;(H,5,6,7);/q;;+1/p-1. The van der Waals surface area contributed by atoms with Gasteiger partial charge in [-0.3, -0.25) is 4.79 Å². The van der Waals surface area contributed by atoms with Crippen LogP contribution in [0.25, 0.3) is 0 Å². The van der Waals surface area contributed by atoms with Crippen LogP contribution in [0.1, 0.15) is 43.7 Å². The van der Waals surface area contributed by atoms with Gasteiger partial charge in [0.2, 0.25) is 0 Å². The van der Waals surface area contributed by atoms with E-state index in [-0.39, 0.29) is 45.9 Å². The quantitative estimate of drug-likeness (QED) is 0.144. The Kier molecular flexibility index (Phi) is 12.0. The molecule has 204 valence electrons.